The highest BCUT2D eigenvalue weighted by Crippen LogP contribution is 2.37. The van der Waals surface area contributed by atoms with E-state index in [1.165, 1.54) is 30.5 Å². The molecule has 1 amide bonds. The van der Waals surface area contributed by atoms with Gasteiger partial charge < -0.3 is 5.32 Å². The molecular formula is C22H17F2N5OS. The lowest BCUT2D eigenvalue weighted by Crippen LogP contribution is -2.26. The molecule has 0 spiro atoms. The predicted octanol–water partition coefficient (Wildman–Crippen LogP) is 4.67. The van der Waals surface area contributed by atoms with Crippen LogP contribution in [-0.4, -0.2) is 31.4 Å². The number of amides is 1. The zero-order valence-electron chi connectivity index (χ0n) is 16.2. The molecule has 2 aromatic carbocycles. The molecule has 4 rings (SSSR count). The molecule has 4 aromatic rings. The summed E-state index contributed by atoms with van der Waals surface area (Å²) >= 11 is 0.888. The summed E-state index contributed by atoms with van der Waals surface area (Å²) in [7, 11) is 0. The minimum atomic E-state index is -3.44. The van der Waals surface area contributed by atoms with Crippen molar-refractivity contribution in [2.24, 2.45) is 0 Å². The van der Waals surface area contributed by atoms with E-state index >= 15 is 8.78 Å². The number of halogens is 2. The first kappa shape index (κ1) is 20.7. The van der Waals surface area contributed by atoms with Gasteiger partial charge in [-0.05, 0) is 24.3 Å². The quantitative estimate of drug-likeness (QED) is 0.426. The van der Waals surface area contributed by atoms with E-state index in [4.69, 9.17) is 0 Å². The topological polar surface area (TPSA) is 72.7 Å². The van der Waals surface area contributed by atoms with Gasteiger partial charge in [-0.15, -0.1) is 10.2 Å². The summed E-state index contributed by atoms with van der Waals surface area (Å²) in [6.07, 6.45) is 2.99. The van der Waals surface area contributed by atoms with Gasteiger partial charge >= 0.3 is 6.05 Å². The average molecular weight is 437 g/mol. The van der Waals surface area contributed by atoms with Crippen LogP contribution in [0.25, 0.3) is 11.4 Å². The second-order valence-electron chi connectivity index (χ2n) is 6.49. The minimum absolute atomic E-state index is 0.0343. The van der Waals surface area contributed by atoms with Gasteiger partial charge in [0.05, 0.1) is 5.75 Å². The molecule has 0 fully saturated rings. The van der Waals surface area contributed by atoms with Crippen LogP contribution >= 0.6 is 11.8 Å². The van der Waals surface area contributed by atoms with Crippen LogP contribution in [0.3, 0.4) is 0 Å². The number of carbonyl (C=O) groups is 1. The minimum Gasteiger partial charge on any atom is -0.325 e. The van der Waals surface area contributed by atoms with Crippen molar-refractivity contribution in [3.63, 3.8) is 0 Å². The second kappa shape index (κ2) is 9.05. The summed E-state index contributed by atoms with van der Waals surface area (Å²) in [6, 6.07) is 16.1. The molecule has 0 radical (unpaired) electrons. The zero-order valence-corrected chi connectivity index (χ0v) is 17.0. The molecule has 2 aromatic heterocycles. The van der Waals surface area contributed by atoms with Gasteiger partial charge in [-0.3, -0.25) is 9.78 Å². The fourth-order valence-corrected chi connectivity index (χ4v) is 3.68. The van der Waals surface area contributed by atoms with E-state index in [1.807, 2.05) is 6.07 Å². The van der Waals surface area contributed by atoms with Crippen molar-refractivity contribution >= 4 is 23.4 Å². The maximum absolute atomic E-state index is 15.5. The molecule has 0 unspecified atom stereocenters. The number of thioether (sulfide) groups is 1. The SMILES string of the molecule is O=C(CSc1nnc(-c2cccnc2)n1C(F)(F)c1ccccc1)Nc1ccccc1. The molecule has 0 aliphatic rings. The number of carbonyl (C=O) groups excluding carboxylic acids is 1. The first-order valence-electron chi connectivity index (χ1n) is 9.33. The summed E-state index contributed by atoms with van der Waals surface area (Å²) < 4.78 is 31.8. The van der Waals surface area contributed by atoms with Crippen LogP contribution in [0.2, 0.25) is 0 Å². The van der Waals surface area contributed by atoms with Gasteiger partial charge in [0.15, 0.2) is 11.0 Å². The van der Waals surface area contributed by atoms with Crippen molar-refractivity contribution in [1.82, 2.24) is 19.7 Å². The standard InChI is InChI=1S/C22H17F2N5OS/c23-22(24,17-9-3-1-4-10-17)29-20(16-8-7-13-25-14-16)27-28-21(29)31-15-19(30)26-18-11-5-2-6-12-18/h1-14H,15H2,(H,26,30). The Hall–Kier alpha value is -3.59. The lowest BCUT2D eigenvalue weighted by atomic mass is 10.2. The van der Waals surface area contributed by atoms with Crippen molar-refractivity contribution in [3.05, 3.63) is 90.8 Å². The van der Waals surface area contributed by atoms with E-state index in [1.54, 1.807) is 48.7 Å². The molecule has 2 heterocycles. The van der Waals surface area contributed by atoms with Crippen molar-refractivity contribution in [2.45, 2.75) is 11.2 Å². The maximum atomic E-state index is 15.5. The largest absolute Gasteiger partial charge is 0.359 e. The number of aromatic nitrogens is 4. The number of nitrogens with one attached hydrogen (secondary N) is 1. The Morgan fingerprint density at radius 1 is 0.968 bits per heavy atom. The van der Waals surface area contributed by atoms with Crippen LogP contribution in [0.1, 0.15) is 5.56 Å². The Balaban J connectivity index is 1.65. The Morgan fingerprint density at radius 2 is 1.68 bits per heavy atom. The van der Waals surface area contributed by atoms with Crippen molar-refractivity contribution < 1.29 is 13.6 Å². The average Bonchev–Trinajstić information content (AvgIpc) is 3.24. The van der Waals surface area contributed by atoms with E-state index in [0.29, 0.717) is 11.3 Å². The van der Waals surface area contributed by atoms with E-state index in [0.717, 1.165) is 16.3 Å². The highest BCUT2D eigenvalue weighted by atomic mass is 32.2. The molecule has 0 bridgehead atoms. The second-order valence-corrected chi connectivity index (χ2v) is 7.44. The van der Waals surface area contributed by atoms with Crippen LogP contribution < -0.4 is 5.32 Å². The number of hydrogen-bond donors (Lipinski definition) is 1. The summed E-state index contributed by atoms with van der Waals surface area (Å²) in [6.45, 7) is 0. The predicted molar refractivity (Wildman–Crippen MR) is 115 cm³/mol. The van der Waals surface area contributed by atoms with Gasteiger partial charge in [-0.1, -0.05) is 60.3 Å². The molecule has 0 atom stereocenters. The number of hydrogen-bond acceptors (Lipinski definition) is 5. The monoisotopic (exact) mass is 437 g/mol. The number of alkyl halides is 2. The van der Waals surface area contributed by atoms with E-state index in [9.17, 15) is 4.79 Å². The van der Waals surface area contributed by atoms with E-state index < -0.39 is 6.05 Å². The summed E-state index contributed by atoms with van der Waals surface area (Å²) in [5.41, 5.74) is 0.807. The molecule has 0 aliphatic carbocycles. The third-order valence-corrected chi connectivity index (χ3v) is 5.27. The summed E-state index contributed by atoms with van der Waals surface area (Å²) in [5, 5.41) is 10.6. The smallest absolute Gasteiger partial charge is 0.325 e. The number of anilines is 1. The van der Waals surface area contributed by atoms with Crippen molar-refractivity contribution in [3.8, 4) is 11.4 Å². The van der Waals surface area contributed by atoms with Gasteiger partial charge in [-0.25, -0.2) is 4.57 Å². The molecular weight excluding hydrogens is 420 g/mol. The van der Waals surface area contributed by atoms with Crippen LogP contribution in [0.15, 0.2) is 90.3 Å². The molecule has 156 valence electrons. The number of rotatable bonds is 7. The van der Waals surface area contributed by atoms with Gasteiger partial charge in [-0.2, -0.15) is 8.78 Å². The van der Waals surface area contributed by atoms with Gasteiger partial charge in [0.2, 0.25) is 5.91 Å². The van der Waals surface area contributed by atoms with E-state index in [2.05, 4.69) is 20.5 Å². The van der Waals surface area contributed by atoms with Gasteiger partial charge in [0.25, 0.3) is 0 Å². The van der Waals surface area contributed by atoms with Crippen LogP contribution in [-0.2, 0) is 10.8 Å². The van der Waals surface area contributed by atoms with Crippen LogP contribution in [0.4, 0.5) is 14.5 Å². The highest BCUT2D eigenvalue weighted by Gasteiger charge is 2.39. The Kier molecular flexibility index (Phi) is 6.03. The summed E-state index contributed by atoms with van der Waals surface area (Å²) in [5.74, 6) is -0.477. The Labute approximate surface area is 181 Å². The van der Waals surface area contributed by atoms with Crippen LogP contribution in [0, 0.1) is 0 Å². The summed E-state index contributed by atoms with van der Waals surface area (Å²) in [4.78, 5) is 16.3. The normalized spacial score (nSPS) is 11.3. The molecule has 0 saturated carbocycles. The van der Waals surface area contributed by atoms with Gasteiger partial charge in [0.1, 0.15) is 0 Å². The molecule has 9 heteroatoms. The molecule has 6 nitrogen and oxygen atoms in total. The zero-order chi connectivity index (χ0) is 21.7. The number of pyridine rings is 1. The van der Waals surface area contributed by atoms with Gasteiger partial charge in [0, 0.05) is 29.2 Å². The lowest BCUT2D eigenvalue weighted by molar-refractivity contribution is -0.113. The third-order valence-electron chi connectivity index (χ3n) is 4.34. The van der Waals surface area contributed by atoms with Crippen molar-refractivity contribution in [1.29, 1.82) is 0 Å². The Bertz CT molecular complexity index is 1150. The fourth-order valence-electron chi connectivity index (χ4n) is 2.92. The number of para-hydroxylation sites is 1. The highest BCUT2D eigenvalue weighted by molar-refractivity contribution is 7.99. The van der Waals surface area contributed by atoms with Crippen LogP contribution in [0.5, 0.6) is 0 Å². The number of benzene rings is 2. The molecule has 1 N–H and O–H groups in total. The van der Waals surface area contributed by atoms with Crippen molar-refractivity contribution in [2.75, 3.05) is 11.1 Å². The molecule has 0 saturated heterocycles. The first-order chi connectivity index (χ1) is 15.1. The maximum Gasteiger partial charge on any atom is 0.359 e. The first-order valence-corrected chi connectivity index (χ1v) is 10.3. The van der Waals surface area contributed by atoms with E-state index in [-0.39, 0.29) is 28.2 Å². The third kappa shape index (κ3) is 4.61. The molecule has 0 aliphatic heterocycles. The number of nitrogens with zero attached hydrogens (tertiary/aromatic N) is 4. The fraction of sp³-hybridized carbons (Fsp3) is 0.0909. The molecule has 31 heavy (non-hydrogen) atoms. The Morgan fingerprint density at radius 3 is 2.35 bits per heavy atom. The lowest BCUT2D eigenvalue weighted by Gasteiger charge is -2.21.